The van der Waals surface area contributed by atoms with Crippen molar-refractivity contribution in [3.8, 4) is 0 Å². The van der Waals surface area contributed by atoms with Crippen molar-refractivity contribution in [2.75, 3.05) is 4.90 Å². The molecule has 10 rings (SSSR count). The Morgan fingerprint density at radius 1 is 0.587 bits per heavy atom. The zero-order valence-electron chi connectivity index (χ0n) is 25.0. The average molecular weight is 595 g/mol. The van der Waals surface area contributed by atoms with Crippen molar-refractivity contribution in [1.29, 1.82) is 0 Å². The van der Waals surface area contributed by atoms with Gasteiger partial charge in [-0.15, -0.1) is 0 Å². The van der Waals surface area contributed by atoms with Gasteiger partial charge in [-0.3, -0.25) is 14.6 Å². The molecule has 1 fully saturated rings. The molecule has 2 amide bonds. The van der Waals surface area contributed by atoms with Gasteiger partial charge in [-0.1, -0.05) is 146 Å². The number of hydrogen-bond donors (Lipinski definition) is 0. The highest BCUT2D eigenvalue weighted by Crippen LogP contribution is 2.64. The second-order valence-electron chi connectivity index (χ2n) is 12.5. The van der Waals surface area contributed by atoms with Crippen LogP contribution in [-0.4, -0.2) is 18.0 Å². The van der Waals surface area contributed by atoms with Crippen LogP contribution in [0.2, 0.25) is 0 Å². The molecule has 6 aromatic carbocycles. The largest absolute Gasteiger partial charge is 0.283 e. The second-order valence-corrected chi connectivity index (χ2v) is 12.5. The highest BCUT2D eigenvalue weighted by Gasteiger charge is 2.68. The van der Waals surface area contributed by atoms with Crippen LogP contribution in [-0.2, 0) is 15.0 Å². The summed E-state index contributed by atoms with van der Waals surface area (Å²) in [6.45, 7) is 0. The SMILES string of the molecule is O=C1[C@H]2C3c4ccccc4C(C=NC(c4ccccc4)c4ccccc4)(c4ccccc43)[C@H]2C(=O)N1c1cccc2ccccc12. The lowest BCUT2D eigenvalue weighted by molar-refractivity contribution is -0.122. The minimum atomic E-state index is -0.930. The zero-order chi connectivity index (χ0) is 30.8. The van der Waals surface area contributed by atoms with Crippen molar-refractivity contribution < 1.29 is 9.59 Å². The summed E-state index contributed by atoms with van der Waals surface area (Å²) in [4.78, 5) is 36.7. The minimum absolute atomic E-state index is 0.138. The van der Waals surface area contributed by atoms with Crippen LogP contribution in [0, 0.1) is 11.8 Å². The Labute approximate surface area is 267 Å². The lowest BCUT2D eigenvalue weighted by Gasteiger charge is -2.52. The third-order valence-electron chi connectivity index (χ3n) is 10.3. The van der Waals surface area contributed by atoms with Gasteiger partial charge in [-0.2, -0.15) is 0 Å². The highest BCUT2D eigenvalue weighted by atomic mass is 16.2. The van der Waals surface area contributed by atoms with Crippen LogP contribution in [0.15, 0.2) is 157 Å². The van der Waals surface area contributed by atoms with Crippen molar-refractivity contribution in [1.82, 2.24) is 0 Å². The van der Waals surface area contributed by atoms with Crippen LogP contribution < -0.4 is 4.90 Å². The Morgan fingerprint density at radius 2 is 1.13 bits per heavy atom. The van der Waals surface area contributed by atoms with Crippen molar-refractivity contribution >= 4 is 34.5 Å². The molecule has 0 N–H and O–H groups in total. The molecule has 2 atom stereocenters. The first-order valence-corrected chi connectivity index (χ1v) is 15.9. The Morgan fingerprint density at radius 3 is 1.78 bits per heavy atom. The van der Waals surface area contributed by atoms with E-state index in [1.165, 1.54) is 4.90 Å². The summed E-state index contributed by atoms with van der Waals surface area (Å²) < 4.78 is 0. The number of rotatable bonds is 5. The summed E-state index contributed by atoms with van der Waals surface area (Å²) in [5, 5.41) is 1.89. The van der Waals surface area contributed by atoms with Gasteiger partial charge in [0.25, 0.3) is 0 Å². The Bertz CT molecular complexity index is 2100. The molecule has 2 bridgehead atoms. The smallest absolute Gasteiger partial charge is 0.239 e. The first-order chi connectivity index (χ1) is 22.7. The van der Waals surface area contributed by atoms with E-state index >= 15 is 4.79 Å². The van der Waals surface area contributed by atoms with Gasteiger partial charge in [-0.05, 0) is 44.8 Å². The third kappa shape index (κ3) is 3.64. The molecule has 0 spiro atoms. The third-order valence-corrected chi connectivity index (χ3v) is 10.3. The fourth-order valence-electron chi connectivity index (χ4n) is 8.52. The van der Waals surface area contributed by atoms with Crippen LogP contribution in [0.3, 0.4) is 0 Å². The number of nitrogens with zero attached hydrogens (tertiary/aromatic N) is 2. The number of carbonyl (C=O) groups is 2. The van der Waals surface area contributed by atoms with Crippen molar-refractivity contribution in [2.24, 2.45) is 16.8 Å². The van der Waals surface area contributed by atoms with E-state index in [1.807, 2.05) is 109 Å². The molecule has 0 aromatic heterocycles. The maximum Gasteiger partial charge on any atom is 0.239 e. The molecule has 0 radical (unpaired) electrons. The van der Waals surface area contributed by atoms with Crippen molar-refractivity contribution in [3.63, 3.8) is 0 Å². The number of amides is 2. The summed E-state index contributed by atoms with van der Waals surface area (Å²) in [6.07, 6.45) is 2.03. The molecule has 4 heteroatoms. The van der Waals surface area contributed by atoms with E-state index in [0.29, 0.717) is 5.69 Å². The monoisotopic (exact) mass is 594 g/mol. The number of carbonyl (C=O) groups excluding carboxylic acids is 2. The molecule has 46 heavy (non-hydrogen) atoms. The molecule has 3 aliphatic carbocycles. The number of anilines is 1. The minimum Gasteiger partial charge on any atom is -0.283 e. The molecule has 0 saturated carbocycles. The second kappa shape index (κ2) is 10.2. The highest BCUT2D eigenvalue weighted by molar-refractivity contribution is 6.27. The molecule has 6 aromatic rings. The van der Waals surface area contributed by atoms with Crippen LogP contribution >= 0.6 is 0 Å². The van der Waals surface area contributed by atoms with E-state index < -0.39 is 17.3 Å². The van der Waals surface area contributed by atoms with E-state index in [9.17, 15) is 4.79 Å². The van der Waals surface area contributed by atoms with Gasteiger partial charge in [0.1, 0.15) is 0 Å². The summed E-state index contributed by atoms with van der Waals surface area (Å²) in [5.41, 5.74) is 6.17. The van der Waals surface area contributed by atoms with Crippen LogP contribution in [0.4, 0.5) is 5.69 Å². The number of aliphatic imine (C=N–C) groups is 1. The number of imide groups is 1. The predicted octanol–water partition coefficient (Wildman–Crippen LogP) is 8.25. The van der Waals surface area contributed by atoms with Gasteiger partial charge >= 0.3 is 0 Å². The Kier molecular flexibility index (Phi) is 5.94. The van der Waals surface area contributed by atoms with E-state index in [-0.39, 0.29) is 23.8 Å². The number of hydrogen-bond acceptors (Lipinski definition) is 3. The summed E-state index contributed by atoms with van der Waals surface area (Å²) in [7, 11) is 0. The quantitative estimate of drug-likeness (QED) is 0.149. The molecule has 1 saturated heterocycles. The van der Waals surface area contributed by atoms with E-state index in [4.69, 9.17) is 4.99 Å². The molecule has 1 heterocycles. The first-order valence-electron chi connectivity index (χ1n) is 15.9. The topological polar surface area (TPSA) is 49.7 Å². The Balaban J connectivity index is 1.30. The lowest BCUT2D eigenvalue weighted by atomic mass is 9.47. The molecule has 4 nitrogen and oxygen atoms in total. The van der Waals surface area contributed by atoms with Gasteiger partial charge in [0.15, 0.2) is 0 Å². The fourth-order valence-corrected chi connectivity index (χ4v) is 8.52. The van der Waals surface area contributed by atoms with Gasteiger partial charge < -0.3 is 0 Å². The maximum atomic E-state index is 15.0. The van der Waals surface area contributed by atoms with Crippen LogP contribution in [0.25, 0.3) is 10.8 Å². The van der Waals surface area contributed by atoms with Crippen LogP contribution in [0.5, 0.6) is 0 Å². The van der Waals surface area contributed by atoms with Gasteiger partial charge in [-0.25, -0.2) is 4.90 Å². The maximum absolute atomic E-state index is 15.0. The average Bonchev–Trinajstić information content (AvgIpc) is 3.39. The number of benzene rings is 6. The molecular weight excluding hydrogens is 564 g/mol. The Hall–Kier alpha value is -5.61. The summed E-state index contributed by atoms with van der Waals surface area (Å²) in [6, 6.07) is 50.8. The van der Waals surface area contributed by atoms with Crippen molar-refractivity contribution in [2.45, 2.75) is 17.4 Å². The zero-order valence-corrected chi connectivity index (χ0v) is 25.0. The lowest BCUT2D eigenvalue weighted by Crippen LogP contribution is -2.54. The van der Waals surface area contributed by atoms with Crippen LogP contribution in [0.1, 0.15) is 45.3 Å². The predicted molar refractivity (Wildman–Crippen MR) is 182 cm³/mol. The molecule has 4 aliphatic rings. The van der Waals surface area contributed by atoms with E-state index in [2.05, 4.69) is 48.5 Å². The first kappa shape index (κ1) is 26.8. The summed E-state index contributed by atoms with van der Waals surface area (Å²) >= 11 is 0. The molecule has 0 unspecified atom stereocenters. The number of fused-ring (bicyclic) bond motifs is 1. The van der Waals surface area contributed by atoms with Gasteiger partial charge in [0, 0.05) is 17.5 Å². The standard InChI is InChI=1S/C42H30N2O2/c45-40-37-36-31-21-9-11-23-33(31)42(34-24-12-10-22-32(34)36,26-43-39(28-15-3-1-4-16-28)29-17-5-2-6-18-29)38(37)41(46)44(40)35-25-13-19-27-14-7-8-20-30(27)35/h1-26,36-39H/t36?,37-,38+,42?/m0/s1. The van der Waals surface area contributed by atoms with Gasteiger partial charge in [0.05, 0.1) is 29.0 Å². The normalized spacial score (nSPS) is 22.8. The summed E-state index contributed by atoms with van der Waals surface area (Å²) in [5.74, 6) is -1.70. The molecular formula is C42H30N2O2. The van der Waals surface area contributed by atoms with Gasteiger partial charge in [0.2, 0.25) is 11.8 Å². The fraction of sp³-hybridized carbons (Fsp3) is 0.119. The molecule has 1 aliphatic heterocycles. The van der Waals surface area contributed by atoms with E-state index in [1.54, 1.807) is 0 Å². The molecule has 220 valence electrons. The van der Waals surface area contributed by atoms with Crippen molar-refractivity contribution in [3.05, 3.63) is 185 Å². The van der Waals surface area contributed by atoms with E-state index in [0.717, 1.165) is 44.2 Å².